The van der Waals surface area contributed by atoms with Crippen LogP contribution in [0.4, 0.5) is 0 Å². The van der Waals surface area contributed by atoms with Gasteiger partial charge in [-0.1, -0.05) is 0 Å². The Kier molecular flexibility index (Phi) is 3.90. The molecular weight excluding hydrogens is 208 g/mol. The summed E-state index contributed by atoms with van der Waals surface area (Å²) in [7, 11) is 2.18. The zero-order chi connectivity index (χ0) is 10.7. The lowest BCUT2D eigenvalue weighted by atomic mass is 10.0. The van der Waals surface area contributed by atoms with Gasteiger partial charge in [0.25, 0.3) is 0 Å². The number of nitrogens with two attached hydrogens (primary N) is 1. The second-order valence-corrected chi connectivity index (χ2v) is 5.79. The Morgan fingerprint density at radius 3 is 2.60 bits per heavy atom. The van der Waals surface area contributed by atoms with Gasteiger partial charge in [0.1, 0.15) is 0 Å². The third-order valence-electron chi connectivity index (χ3n) is 3.39. The lowest BCUT2D eigenvalue weighted by Crippen LogP contribution is -2.62. The highest BCUT2D eigenvalue weighted by Gasteiger charge is 2.34. The Balaban J connectivity index is 1.84. The zero-order valence-corrected chi connectivity index (χ0v) is 10.4. The van der Waals surface area contributed by atoms with Crippen LogP contribution in [0, 0.1) is 0 Å². The Bertz CT molecular complexity index is 198. The van der Waals surface area contributed by atoms with Gasteiger partial charge in [-0.2, -0.15) is 11.8 Å². The number of nitrogens with one attached hydrogen (secondary N) is 1. The van der Waals surface area contributed by atoms with Gasteiger partial charge in [0, 0.05) is 38.5 Å². The molecule has 3 N–H and O–H groups in total. The molecule has 15 heavy (non-hydrogen) atoms. The standard InChI is InChI=1S/C10H22N4S/c1-13-3-5-14(6-4-13)12-10(8-11)2-7-15-9-10/h12H,2-9,11H2,1H3. The van der Waals surface area contributed by atoms with E-state index in [9.17, 15) is 0 Å². The maximum absolute atomic E-state index is 5.90. The van der Waals surface area contributed by atoms with E-state index in [0.717, 1.165) is 38.5 Å². The highest BCUT2D eigenvalue weighted by atomic mass is 32.2. The number of hydrogen-bond acceptors (Lipinski definition) is 5. The molecule has 0 radical (unpaired) electrons. The van der Waals surface area contributed by atoms with Crippen LogP contribution in [0.15, 0.2) is 0 Å². The van der Waals surface area contributed by atoms with Crippen LogP contribution in [0.2, 0.25) is 0 Å². The van der Waals surface area contributed by atoms with Crippen molar-refractivity contribution in [1.82, 2.24) is 15.3 Å². The molecule has 2 aliphatic rings. The molecule has 2 heterocycles. The van der Waals surface area contributed by atoms with Crippen molar-refractivity contribution in [2.45, 2.75) is 12.0 Å². The van der Waals surface area contributed by atoms with Crippen molar-refractivity contribution in [3.63, 3.8) is 0 Å². The van der Waals surface area contributed by atoms with Crippen LogP contribution >= 0.6 is 11.8 Å². The van der Waals surface area contributed by atoms with E-state index in [0.29, 0.717) is 0 Å². The van der Waals surface area contributed by atoms with Crippen molar-refractivity contribution in [3.8, 4) is 0 Å². The molecule has 88 valence electrons. The molecule has 0 bridgehead atoms. The van der Waals surface area contributed by atoms with Gasteiger partial charge in [-0.05, 0) is 19.2 Å². The molecule has 2 fully saturated rings. The molecule has 5 heteroatoms. The summed E-state index contributed by atoms with van der Waals surface area (Å²) in [5.41, 5.74) is 9.74. The summed E-state index contributed by atoms with van der Waals surface area (Å²) in [5, 5.41) is 2.36. The summed E-state index contributed by atoms with van der Waals surface area (Å²) in [4.78, 5) is 2.37. The van der Waals surface area contributed by atoms with Crippen LogP contribution in [0.25, 0.3) is 0 Å². The maximum Gasteiger partial charge on any atom is 0.0546 e. The average molecular weight is 230 g/mol. The minimum absolute atomic E-state index is 0.181. The normalized spacial score (nSPS) is 34.8. The van der Waals surface area contributed by atoms with E-state index < -0.39 is 0 Å². The fourth-order valence-corrected chi connectivity index (χ4v) is 3.55. The highest BCUT2D eigenvalue weighted by molar-refractivity contribution is 7.99. The number of thioether (sulfide) groups is 1. The monoisotopic (exact) mass is 230 g/mol. The third-order valence-corrected chi connectivity index (χ3v) is 4.64. The van der Waals surface area contributed by atoms with Gasteiger partial charge in [0.2, 0.25) is 0 Å². The molecule has 0 aromatic heterocycles. The quantitative estimate of drug-likeness (QED) is 0.689. The first-order valence-electron chi connectivity index (χ1n) is 5.73. The molecule has 4 nitrogen and oxygen atoms in total. The first-order chi connectivity index (χ1) is 7.24. The number of hydrogen-bond donors (Lipinski definition) is 2. The van der Waals surface area contributed by atoms with E-state index in [1.54, 1.807) is 0 Å². The van der Waals surface area contributed by atoms with Crippen LogP contribution in [0.1, 0.15) is 6.42 Å². The Morgan fingerprint density at radius 1 is 1.33 bits per heavy atom. The van der Waals surface area contributed by atoms with Crippen LogP contribution in [-0.4, -0.2) is 66.7 Å². The summed E-state index contributed by atoms with van der Waals surface area (Å²) in [5.74, 6) is 2.41. The van der Waals surface area contributed by atoms with Gasteiger partial charge in [0.15, 0.2) is 0 Å². The first kappa shape index (κ1) is 11.7. The molecule has 0 saturated carbocycles. The van der Waals surface area contributed by atoms with Crippen molar-refractivity contribution in [2.75, 3.05) is 51.3 Å². The molecule has 2 rings (SSSR count). The average Bonchev–Trinajstić information content (AvgIpc) is 2.71. The summed E-state index contributed by atoms with van der Waals surface area (Å²) >= 11 is 2.02. The van der Waals surface area contributed by atoms with Crippen LogP contribution in [-0.2, 0) is 0 Å². The fourth-order valence-electron chi connectivity index (χ4n) is 2.16. The molecule has 0 aliphatic carbocycles. The molecule has 2 saturated heterocycles. The van der Waals surface area contributed by atoms with Crippen LogP contribution < -0.4 is 11.2 Å². The van der Waals surface area contributed by atoms with Crippen molar-refractivity contribution in [2.24, 2.45) is 5.73 Å². The largest absolute Gasteiger partial charge is 0.329 e. The molecule has 1 unspecified atom stereocenters. The SMILES string of the molecule is CN1CCN(NC2(CN)CCSC2)CC1. The second kappa shape index (κ2) is 5.01. The van der Waals surface area contributed by atoms with Gasteiger partial charge in [0.05, 0.1) is 5.54 Å². The number of piperazine rings is 1. The van der Waals surface area contributed by atoms with E-state index in [-0.39, 0.29) is 5.54 Å². The third kappa shape index (κ3) is 2.85. The minimum atomic E-state index is 0.181. The first-order valence-corrected chi connectivity index (χ1v) is 6.89. The lowest BCUT2D eigenvalue weighted by Gasteiger charge is -2.39. The molecule has 0 amide bonds. The van der Waals surface area contributed by atoms with Gasteiger partial charge >= 0.3 is 0 Å². The smallest absolute Gasteiger partial charge is 0.0546 e. The van der Waals surface area contributed by atoms with Gasteiger partial charge in [-0.3, -0.25) is 0 Å². The highest BCUT2D eigenvalue weighted by Crippen LogP contribution is 2.27. The Morgan fingerprint density at radius 2 is 2.07 bits per heavy atom. The van der Waals surface area contributed by atoms with Crippen LogP contribution in [0.5, 0.6) is 0 Å². The number of likely N-dealkylation sites (N-methyl/N-ethyl adjacent to an activating group) is 1. The summed E-state index contributed by atoms with van der Waals surface area (Å²) < 4.78 is 0. The van der Waals surface area contributed by atoms with E-state index >= 15 is 0 Å². The molecule has 0 aromatic carbocycles. The fraction of sp³-hybridized carbons (Fsp3) is 1.00. The van der Waals surface area contributed by atoms with E-state index in [1.807, 2.05) is 11.8 Å². The summed E-state index contributed by atoms with van der Waals surface area (Å²) in [6.45, 7) is 5.29. The van der Waals surface area contributed by atoms with Gasteiger partial charge in [-0.25, -0.2) is 10.4 Å². The minimum Gasteiger partial charge on any atom is -0.329 e. The van der Waals surface area contributed by atoms with Crippen molar-refractivity contribution in [1.29, 1.82) is 0 Å². The molecule has 1 atom stereocenters. The molecule has 0 aromatic rings. The zero-order valence-electron chi connectivity index (χ0n) is 9.54. The van der Waals surface area contributed by atoms with Crippen molar-refractivity contribution in [3.05, 3.63) is 0 Å². The Hall–Kier alpha value is 0.190. The van der Waals surface area contributed by atoms with E-state index in [2.05, 4.69) is 22.4 Å². The number of rotatable bonds is 3. The number of nitrogens with zero attached hydrogens (tertiary/aromatic N) is 2. The number of hydrazine groups is 1. The van der Waals surface area contributed by atoms with E-state index in [4.69, 9.17) is 5.73 Å². The van der Waals surface area contributed by atoms with Crippen molar-refractivity contribution >= 4 is 11.8 Å². The maximum atomic E-state index is 5.90. The predicted molar refractivity (Wildman–Crippen MR) is 65.9 cm³/mol. The molecular formula is C10H22N4S. The van der Waals surface area contributed by atoms with Crippen molar-refractivity contribution < 1.29 is 0 Å². The molecule has 2 aliphatic heterocycles. The predicted octanol–water partition coefficient (Wildman–Crippen LogP) is -0.427. The molecule has 0 spiro atoms. The van der Waals surface area contributed by atoms with E-state index in [1.165, 1.54) is 12.2 Å². The van der Waals surface area contributed by atoms with Crippen LogP contribution in [0.3, 0.4) is 0 Å². The van der Waals surface area contributed by atoms with Gasteiger partial charge < -0.3 is 10.6 Å². The summed E-state index contributed by atoms with van der Waals surface area (Å²) in [6, 6.07) is 0. The summed E-state index contributed by atoms with van der Waals surface area (Å²) in [6.07, 6.45) is 1.21. The second-order valence-electron chi connectivity index (χ2n) is 4.69. The lowest BCUT2D eigenvalue weighted by molar-refractivity contribution is 0.0630. The van der Waals surface area contributed by atoms with Gasteiger partial charge in [-0.15, -0.1) is 0 Å². The Labute approximate surface area is 96.5 Å². The topological polar surface area (TPSA) is 44.5 Å².